The molecule has 0 aliphatic carbocycles. The van der Waals surface area contributed by atoms with Crippen LogP contribution in [0.3, 0.4) is 0 Å². The van der Waals surface area contributed by atoms with E-state index >= 15 is 0 Å². The van der Waals surface area contributed by atoms with Gasteiger partial charge in [0, 0.05) is 22.9 Å². The van der Waals surface area contributed by atoms with Crippen LogP contribution in [-0.4, -0.2) is 11.3 Å². The first-order valence-electron chi connectivity index (χ1n) is 2.15. The molecule has 42 valence electrons. The Balaban J connectivity index is 3.09. The Hall–Kier alpha value is -0.700. The number of aldehydes is 1. The van der Waals surface area contributed by atoms with Crippen LogP contribution in [0.25, 0.3) is 0 Å². The molecule has 1 aromatic rings. The molecule has 0 saturated carbocycles. The zero-order chi connectivity index (χ0) is 5.98. The van der Waals surface area contributed by atoms with E-state index < -0.39 is 0 Å². The predicted molar refractivity (Wildman–Crippen MR) is 33.4 cm³/mol. The Morgan fingerprint density at radius 2 is 2.38 bits per heavy atom. The summed E-state index contributed by atoms with van der Waals surface area (Å²) in [6, 6.07) is 0. The summed E-state index contributed by atoms with van der Waals surface area (Å²) >= 11 is 3.97. The quantitative estimate of drug-likeness (QED) is 0.430. The lowest BCUT2D eigenvalue weighted by Crippen LogP contribution is -1.70. The van der Waals surface area contributed by atoms with Crippen molar-refractivity contribution in [2.75, 3.05) is 0 Å². The predicted octanol–water partition coefficient (Wildman–Crippen LogP) is 1.12. The molecular weight excluding hydrogens is 122 g/mol. The second-order valence-corrected chi connectivity index (χ2v) is 1.90. The standard InChI is InChI=1S/C5H5NOS/c7-3-4-1-6-2-5(4)8/h1-3,6,8H. The molecule has 1 N–H and O–H groups in total. The van der Waals surface area contributed by atoms with Crippen molar-refractivity contribution in [1.29, 1.82) is 0 Å². The van der Waals surface area contributed by atoms with E-state index in [9.17, 15) is 4.79 Å². The monoisotopic (exact) mass is 127 g/mol. The molecule has 0 radical (unpaired) electrons. The fourth-order valence-electron chi connectivity index (χ4n) is 0.462. The number of hydrogen-bond acceptors (Lipinski definition) is 2. The Bertz CT molecular complexity index is 194. The van der Waals surface area contributed by atoms with Gasteiger partial charge in [0.2, 0.25) is 0 Å². The molecule has 0 spiro atoms. The Morgan fingerprint density at radius 3 is 2.62 bits per heavy atom. The summed E-state index contributed by atoms with van der Waals surface area (Å²) < 4.78 is 0. The van der Waals surface area contributed by atoms with Crippen LogP contribution in [0, 0.1) is 0 Å². The highest BCUT2D eigenvalue weighted by atomic mass is 32.1. The largest absolute Gasteiger partial charge is 0.366 e. The van der Waals surface area contributed by atoms with Gasteiger partial charge in [0.15, 0.2) is 6.29 Å². The molecule has 0 unspecified atom stereocenters. The summed E-state index contributed by atoms with van der Waals surface area (Å²) in [5, 5.41) is 0. The van der Waals surface area contributed by atoms with Crippen LogP contribution in [0.4, 0.5) is 0 Å². The molecule has 1 rings (SSSR count). The summed E-state index contributed by atoms with van der Waals surface area (Å²) in [5.74, 6) is 0. The Morgan fingerprint density at radius 1 is 1.62 bits per heavy atom. The van der Waals surface area contributed by atoms with Gasteiger partial charge in [0.05, 0.1) is 0 Å². The van der Waals surface area contributed by atoms with Crippen molar-refractivity contribution in [2.24, 2.45) is 0 Å². The highest BCUT2D eigenvalue weighted by Crippen LogP contribution is 2.07. The van der Waals surface area contributed by atoms with Crippen molar-refractivity contribution in [1.82, 2.24) is 4.98 Å². The molecule has 1 aromatic heterocycles. The first-order valence-corrected chi connectivity index (χ1v) is 2.60. The van der Waals surface area contributed by atoms with E-state index in [0.29, 0.717) is 10.5 Å². The number of nitrogens with one attached hydrogen (secondary N) is 1. The van der Waals surface area contributed by atoms with Crippen molar-refractivity contribution in [3.05, 3.63) is 18.0 Å². The smallest absolute Gasteiger partial charge is 0.152 e. The van der Waals surface area contributed by atoms with Crippen LogP contribution in [0.15, 0.2) is 17.3 Å². The van der Waals surface area contributed by atoms with Gasteiger partial charge in [-0.3, -0.25) is 4.79 Å². The minimum Gasteiger partial charge on any atom is -0.366 e. The Labute approximate surface area is 52.3 Å². The van der Waals surface area contributed by atoms with E-state index in [2.05, 4.69) is 17.6 Å². The summed E-state index contributed by atoms with van der Waals surface area (Å²) in [4.78, 5) is 13.5. The Kier molecular flexibility index (Phi) is 1.39. The highest BCUT2D eigenvalue weighted by molar-refractivity contribution is 7.80. The number of carbonyl (C=O) groups excluding carboxylic acids is 1. The molecule has 0 saturated heterocycles. The van der Waals surface area contributed by atoms with Crippen LogP contribution in [0.2, 0.25) is 0 Å². The zero-order valence-electron chi connectivity index (χ0n) is 4.09. The first kappa shape index (κ1) is 5.44. The van der Waals surface area contributed by atoms with Gasteiger partial charge in [-0.15, -0.1) is 12.6 Å². The van der Waals surface area contributed by atoms with E-state index in [-0.39, 0.29) is 0 Å². The molecule has 0 amide bonds. The summed E-state index contributed by atoms with van der Waals surface area (Å²) in [6.45, 7) is 0. The van der Waals surface area contributed by atoms with Crippen LogP contribution in [-0.2, 0) is 0 Å². The molecule has 1 heterocycles. The molecule has 0 bridgehead atoms. The maximum Gasteiger partial charge on any atom is 0.152 e. The van der Waals surface area contributed by atoms with Gasteiger partial charge < -0.3 is 4.98 Å². The third-order valence-electron chi connectivity index (χ3n) is 0.882. The second-order valence-electron chi connectivity index (χ2n) is 1.41. The number of H-pyrrole nitrogens is 1. The molecule has 0 aliphatic heterocycles. The molecule has 0 fully saturated rings. The van der Waals surface area contributed by atoms with Crippen molar-refractivity contribution in [2.45, 2.75) is 4.90 Å². The fraction of sp³-hybridized carbons (Fsp3) is 0. The normalized spacial score (nSPS) is 9.12. The maximum atomic E-state index is 10.0. The molecule has 2 nitrogen and oxygen atoms in total. The minimum atomic E-state index is 0.605. The van der Waals surface area contributed by atoms with E-state index in [1.807, 2.05) is 0 Å². The molecule has 3 heteroatoms. The third-order valence-corrected chi connectivity index (χ3v) is 1.27. The summed E-state index contributed by atoms with van der Waals surface area (Å²) in [6.07, 6.45) is 4.03. The van der Waals surface area contributed by atoms with E-state index in [4.69, 9.17) is 0 Å². The maximum absolute atomic E-state index is 10.0. The van der Waals surface area contributed by atoms with Crippen LogP contribution < -0.4 is 0 Å². The number of hydrogen-bond donors (Lipinski definition) is 2. The lowest BCUT2D eigenvalue weighted by molar-refractivity contribution is 0.112. The number of thiol groups is 1. The molecular formula is C5H5NOS. The highest BCUT2D eigenvalue weighted by Gasteiger charge is 1.93. The van der Waals surface area contributed by atoms with Gasteiger partial charge in [0.25, 0.3) is 0 Å². The molecule has 0 atom stereocenters. The lowest BCUT2D eigenvalue weighted by atomic mass is 10.4. The van der Waals surface area contributed by atoms with Gasteiger partial charge in [0.1, 0.15) is 0 Å². The van der Waals surface area contributed by atoms with Crippen LogP contribution >= 0.6 is 12.6 Å². The van der Waals surface area contributed by atoms with Gasteiger partial charge >= 0.3 is 0 Å². The summed E-state index contributed by atoms with van der Waals surface area (Å²) in [5.41, 5.74) is 0.605. The van der Waals surface area contributed by atoms with E-state index in [1.54, 1.807) is 12.4 Å². The molecule has 0 aromatic carbocycles. The summed E-state index contributed by atoms with van der Waals surface area (Å²) in [7, 11) is 0. The first-order chi connectivity index (χ1) is 3.84. The SMILES string of the molecule is O=Cc1c[nH]cc1S. The van der Waals surface area contributed by atoms with Crippen LogP contribution in [0.5, 0.6) is 0 Å². The number of rotatable bonds is 1. The number of aromatic amines is 1. The third kappa shape index (κ3) is 0.767. The average molecular weight is 127 g/mol. The molecule has 0 aliphatic rings. The van der Waals surface area contributed by atoms with Crippen molar-refractivity contribution in [3.8, 4) is 0 Å². The van der Waals surface area contributed by atoms with Crippen molar-refractivity contribution in [3.63, 3.8) is 0 Å². The van der Waals surface area contributed by atoms with Gasteiger partial charge in [-0.1, -0.05) is 0 Å². The fourth-order valence-corrected chi connectivity index (χ4v) is 0.654. The van der Waals surface area contributed by atoms with Gasteiger partial charge in [-0.2, -0.15) is 0 Å². The lowest BCUT2D eigenvalue weighted by Gasteiger charge is -1.77. The van der Waals surface area contributed by atoms with Crippen molar-refractivity contribution >= 4 is 18.9 Å². The average Bonchev–Trinajstić information content (AvgIpc) is 2.14. The number of aromatic nitrogens is 1. The molecule has 8 heavy (non-hydrogen) atoms. The van der Waals surface area contributed by atoms with E-state index in [1.165, 1.54) is 0 Å². The van der Waals surface area contributed by atoms with Crippen molar-refractivity contribution < 1.29 is 4.79 Å². The zero-order valence-corrected chi connectivity index (χ0v) is 4.98. The van der Waals surface area contributed by atoms with Crippen LogP contribution in [0.1, 0.15) is 10.4 Å². The topological polar surface area (TPSA) is 32.9 Å². The second kappa shape index (κ2) is 2.05. The van der Waals surface area contributed by atoms with Gasteiger partial charge in [-0.25, -0.2) is 0 Å². The minimum absolute atomic E-state index is 0.605. The number of carbonyl (C=O) groups is 1. The van der Waals surface area contributed by atoms with E-state index in [0.717, 1.165) is 6.29 Å². The van der Waals surface area contributed by atoms with Gasteiger partial charge in [-0.05, 0) is 0 Å².